The Labute approximate surface area is 117 Å². The zero-order valence-corrected chi connectivity index (χ0v) is 12.2. The van der Waals surface area contributed by atoms with E-state index in [0.717, 1.165) is 15.9 Å². The summed E-state index contributed by atoms with van der Waals surface area (Å²) in [5, 5.41) is 3.35. The SMILES string of the molecule is CCCCc1ccc(NCc2occc2Br)cc1. The summed E-state index contributed by atoms with van der Waals surface area (Å²) in [7, 11) is 0. The molecule has 2 aromatic rings. The normalized spacial score (nSPS) is 10.6. The number of unbranched alkanes of at least 4 members (excludes halogenated alkanes) is 1. The van der Waals surface area contributed by atoms with Crippen molar-refractivity contribution in [3.63, 3.8) is 0 Å². The van der Waals surface area contributed by atoms with Gasteiger partial charge in [-0.1, -0.05) is 25.5 Å². The second-order valence-electron chi connectivity index (χ2n) is 4.35. The Bertz CT molecular complexity index is 475. The molecule has 0 saturated heterocycles. The van der Waals surface area contributed by atoms with Crippen LogP contribution in [-0.4, -0.2) is 0 Å². The van der Waals surface area contributed by atoms with Crippen LogP contribution in [0.2, 0.25) is 0 Å². The fourth-order valence-corrected chi connectivity index (χ4v) is 2.15. The molecule has 18 heavy (non-hydrogen) atoms. The number of halogens is 1. The standard InChI is InChI=1S/C15H18BrNO/c1-2-3-4-12-5-7-13(8-6-12)17-11-15-14(16)9-10-18-15/h5-10,17H,2-4,11H2,1H3. The smallest absolute Gasteiger partial charge is 0.136 e. The molecule has 3 heteroatoms. The number of anilines is 1. The molecule has 1 heterocycles. The van der Waals surface area contributed by atoms with Crippen LogP contribution in [0, 0.1) is 0 Å². The number of hydrogen-bond donors (Lipinski definition) is 1. The zero-order chi connectivity index (χ0) is 12.8. The van der Waals surface area contributed by atoms with E-state index < -0.39 is 0 Å². The first kappa shape index (κ1) is 13.2. The fraction of sp³-hybridized carbons (Fsp3) is 0.333. The number of hydrogen-bond acceptors (Lipinski definition) is 2. The molecule has 0 aliphatic carbocycles. The molecular formula is C15H18BrNO. The lowest BCUT2D eigenvalue weighted by Crippen LogP contribution is -1.98. The van der Waals surface area contributed by atoms with Crippen LogP contribution < -0.4 is 5.32 Å². The van der Waals surface area contributed by atoms with Gasteiger partial charge in [0.1, 0.15) is 5.76 Å². The Morgan fingerprint density at radius 1 is 1.17 bits per heavy atom. The highest BCUT2D eigenvalue weighted by atomic mass is 79.9. The number of aryl methyl sites for hydroxylation is 1. The largest absolute Gasteiger partial charge is 0.466 e. The highest BCUT2D eigenvalue weighted by Gasteiger charge is 2.02. The summed E-state index contributed by atoms with van der Waals surface area (Å²) in [5.41, 5.74) is 2.53. The van der Waals surface area contributed by atoms with E-state index in [2.05, 4.69) is 52.4 Å². The maximum atomic E-state index is 5.35. The molecule has 2 nitrogen and oxygen atoms in total. The molecule has 0 amide bonds. The molecule has 2 rings (SSSR count). The fourth-order valence-electron chi connectivity index (χ4n) is 1.80. The van der Waals surface area contributed by atoms with Gasteiger partial charge in [0.2, 0.25) is 0 Å². The highest BCUT2D eigenvalue weighted by Crippen LogP contribution is 2.19. The third kappa shape index (κ3) is 3.64. The van der Waals surface area contributed by atoms with Gasteiger partial charge in [-0.15, -0.1) is 0 Å². The second kappa shape index (κ2) is 6.64. The van der Waals surface area contributed by atoms with Crippen LogP contribution in [0.3, 0.4) is 0 Å². The summed E-state index contributed by atoms with van der Waals surface area (Å²) in [5.74, 6) is 0.921. The first-order chi connectivity index (χ1) is 8.79. The van der Waals surface area contributed by atoms with Gasteiger partial charge in [0, 0.05) is 5.69 Å². The third-order valence-electron chi connectivity index (χ3n) is 2.92. The van der Waals surface area contributed by atoms with Crippen molar-refractivity contribution in [2.24, 2.45) is 0 Å². The number of nitrogens with one attached hydrogen (secondary N) is 1. The van der Waals surface area contributed by atoms with Crippen molar-refractivity contribution in [2.75, 3.05) is 5.32 Å². The maximum Gasteiger partial charge on any atom is 0.136 e. The van der Waals surface area contributed by atoms with Crippen LogP contribution in [0.4, 0.5) is 5.69 Å². The first-order valence-corrected chi connectivity index (χ1v) is 7.13. The predicted octanol–water partition coefficient (Wildman–Crippen LogP) is 5.00. The predicted molar refractivity (Wildman–Crippen MR) is 78.8 cm³/mol. The van der Waals surface area contributed by atoms with E-state index in [4.69, 9.17) is 4.42 Å². The van der Waals surface area contributed by atoms with Crippen molar-refractivity contribution < 1.29 is 4.42 Å². The quantitative estimate of drug-likeness (QED) is 0.812. The highest BCUT2D eigenvalue weighted by molar-refractivity contribution is 9.10. The summed E-state index contributed by atoms with van der Waals surface area (Å²) >= 11 is 3.45. The number of rotatable bonds is 6. The van der Waals surface area contributed by atoms with Crippen molar-refractivity contribution in [3.8, 4) is 0 Å². The molecule has 0 aliphatic heterocycles. The minimum absolute atomic E-state index is 0.696. The molecule has 0 fully saturated rings. The summed E-state index contributed by atoms with van der Waals surface area (Å²) in [6.45, 7) is 2.92. The van der Waals surface area contributed by atoms with Crippen molar-refractivity contribution >= 4 is 21.6 Å². The molecular weight excluding hydrogens is 290 g/mol. The molecule has 0 radical (unpaired) electrons. The number of benzene rings is 1. The minimum Gasteiger partial charge on any atom is -0.466 e. The van der Waals surface area contributed by atoms with E-state index in [1.807, 2.05) is 6.07 Å². The summed E-state index contributed by atoms with van der Waals surface area (Å²) in [4.78, 5) is 0. The molecule has 0 atom stereocenters. The number of furan rings is 1. The molecule has 0 bridgehead atoms. The van der Waals surface area contributed by atoms with Gasteiger partial charge in [0.05, 0.1) is 17.3 Å². The van der Waals surface area contributed by atoms with Gasteiger partial charge in [-0.3, -0.25) is 0 Å². The Morgan fingerprint density at radius 2 is 1.94 bits per heavy atom. The monoisotopic (exact) mass is 307 g/mol. The summed E-state index contributed by atoms with van der Waals surface area (Å²) < 4.78 is 6.36. The van der Waals surface area contributed by atoms with E-state index in [1.54, 1.807) is 6.26 Å². The molecule has 0 saturated carbocycles. The van der Waals surface area contributed by atoms with E-state index in [9.17, 15) is 0 Å². The molecule has 1 aromatic heterocycles. The van der Waals surface area contributed by atoms with Gasteiger partial charge in [0.25, 0.3) is 0 Å². The average molecular weight is 308 g/mol. The van der Waals surface area contributed by atoms with Crippen molar-refractivity contribution in [2.45, 2.75) is 32.7 Å². The summed E-state index contributed by atoms with van der Waals surface area (Å²) in [6.07, 6.45) is 5.36. The van der Waals surface area contributed by atoms with Crippen LogP contribution in [-0.2, 0) is 13.0 Å². The van der Waals surface area contributed by atoms with Gasteiger partial charge in [-0.25, -0.2) is 0 Å². The average Bonchev–Trinajstić information content (AvgIpc) is 2.81. The van der Waals surface area contributed by atoms with Crippen LogP contribution >= 0.6 is 15.9 Å². The van der Waals surface area contributed by atoms with Crippen LogP contribution in [0.5, 0.6) is 0 Å². The van der Waals surface area contributed by atoms with E-state index in [-0.39, 0.29) is 0 Å². The van der Waals surface area contributed by atoms with Crippen LogP contribution in [0.15, 0.2) is 45.5 Å². The Balaban J connectivity index is 1.88. The zero-order valence-electron chi connectivity index (χ0n) is 10.6. The van der Waals surface area contributed by atoms with Crippen molar-refractivity contribution in [1.29, 1.82) is 0 Å². The maximum absolute atomic E-state index is 5.35. The lowest BCUT2D eigenvalue weighted by atomic mass is 10.1. The Morgan fingerprint density at radius 3 is 2.56 bits per heavy atom. The van der Waals surface area contributed by atoms with Gasteiger partial charge in [-0.05, 0) is 52.5 Å². The van der Waals surface area contributed by atoms with Crippen LogP contribution in [0.25, 0.3) is 0 Å². The van der Waals surface area contributed by atoms with E-state index in [0.29, 0.717) is 6.54 Å². The van der Waals surface area contributed by atoms with E-state index in [1.165, 1.54) is 24.8 Å². The van der Waals surface area contributed by atoms with E-state index >= 15 is 0 Å². The Kier molecular flexibility index (Phi) is 4.88. The lowest BCUT2D eigenvalue weighted by molar-refractivity contribution is 0.516. The van der Waals surface area contributed by atoms with Gasteiger partial charge < -0.3 is 9.73 Å². The first-order valence-electron chi connectivity index (χ1n) is 6.34. The van der Waals surface area contributed by atoms with Gasteiger partial charge in [-0.2, -0.15) is 0 Å². The summed E-state index contributed by atoms with van der Waals surface area (Å²) in [6, 6.07) is 10.5. The van der Waals surface area contributed by atoms with Crippen LogP contribution in [0.1, 0.15) is 31.1 Å². The molecule has 0 unspecified atom stereocenters. The topological polar surface area (TPSA) is 25.2 Å². The molecule has 1 aromatic carbocycles. The molecule has 0 aliphatic rings. The Hall–Kier alpha value is -1.22. The second-order valence-corrected chi connectivity index (χ2v) is 5.20. The third-order valence-corrected chi connectivity index (χ3v) is 3.62. The van der Waals surface area contributed by atoms with Gasteiger partial charge >= 0.3 is 0 Å². The minimum atomic E-state index is 0.696. The molecule has 1 N–H and O–H groups in total. The van der Waals surface area contributed by atoms with Crippen molar-refractivity contribution in [1.82, 2.24) is 0 Å². The van der Waals surface area contributed by atoms with Gasteiger partial charge in [0.15, 0.2) is 0 Å². The van der Waals surface area contributed by atoms with Crippen molar-refractivity contribution in [3.05, 3.63) is 52.4 Å². The molecule has 0 spiro atoms. The molecule has 96 valence electrons. The lowest BCUT2D eigenvalue weighted by Gasteiger charge is -2.06.